The third-order valence-electron chi connectivity index (χ3n) is 3.55. The minimum atomic E-state index is -0.640. The van der Waals surface area contributed by atoms with E-state index in [1.165, 1.54) is 0 Å². The molecular formula is C17H14BrNO. The number of pyridine rings is 1. The summed E-state index contributed by atoms with van der Waals surface area (Å²) in [7, 11) is 0. The highest BCUT2D eigenvalue weighted by atomic mass is 79.9. The van der Waals surface area contributed by atoms with Gasteiger partial charge in [-0.3, -0.25) is 4.98 Å². The fourth-order valence-electron chi connectivity index (χ4n) is 2.35. The van der Waals surface area contributed by atoms with Crippen molar-refractivity contribution in [1.82, 2.24) is 4.98 Å². The molecule has 0 saturated carbocycles. The summed E-state index contributed by atoms with van der Waals surface area (Å²) in [5.74, 6) is 0. The fraction of sp³-hybridized carbons (Fsp3) is 0.118. The molecule has 3 heteroatoms. The number of nitrogens with zero attached hydrogens (tertiary/aromatic N) is 1. The van der Waals surface area contributed by atoms with E-state index in [0.29, 0.717) is 0 Å². The SMILES string of the molecule is Cc1c(Br)cccc1C(O)c1ccc2cccnc2c1. The summed E-state index contributed by atoms with van der Waals surface area (Å²) in [5.41, 5.74) is 3.73. The Bertz CT molecular complexity index is 770. The lowest BCUT2D eigenvalue weighted by Crippen LogP contribution is -2.02. The van der Waals surface area contributed by atoms with Gasteiger partial charge >= 0.3 is 0 Å². The number of aliphatic hydroxyl groups excluding tert-OH is 1. The number of fused-ring (bicyclic) bond motifs is 1. The molecule has 0 amide bonds. The predicted octanol–water partition coefficient (Wildman–Crippen LogP) is 4.39. The molecule has 0 aliphatic heterocycles. The summed E-state index contributed by atoms with van der Waals surface area (Å²) < 4.78 is 1.01. The average Bonchev–Trinajstić information content (AvgIpc) is 2.49. The van der Waals surface area contributed by atoms with Crippen LogP contribution in [0.25, 0.3) is 10.9 Å². The molecule has 1 aromatic heterocycles. The van der Waals surface area contributed by atoms with Crippen molar-refractivity contribution in [2.24, 2.45) is 0 Å². The smallest absolute Gasteiger partial charge is 0.104 e. The van der Waals surface area contributed by atoms with Gasteiger partial charge < -0.3 is 5.11 Å². The van der Waals surface area contributed by atoms with Crippen molar-refractivity contribution < 1.29 is 5.11 Å². The summed E-state index contributed by atoms with van der Waals surface area (Å²) >= 11 is 3.50. The predicted molar refractivity (Wildman–Crippen MR) is 84.7 cm³/mol. The first-order valence-electron chi connectivity index (χ1n) is 6.44. The van der Waals surface area contributed by atoms with E-state index in [4.69, 9.17) is 0 Å². The highest BCUT2D eigenvalue weighted by Gasteiger charge is 2.14. The third kappa shape index (κ3) is 2.35. The van der Waals surface area contributed by atoms with E-state index in [1.807, 2.05) is 55.5 Å². The second-order valence-electron chi connectivity index (χ2n) is 4.81. The number of halogens is 1. The van der Waals surface area contributed by atoms with E-state index < -0.39 is 6.10 Å². The minimum absolute atomic E-state index is 0.640. The monoisotopic (exact) mass is 327 g/mol. The van der Waals surface area contributed by atoms with Crippen molar-refractivity contribution in [3.05, 3.63) is 75.9 Å². The Kier molecular flexibility index (Phi) is 3.55. The van der Waals surface area contributed by atoms with Crippen LogP contribution in [-0.2, 0) is 0 Å². The van der Waals surface area contributed by atoms with Crippen molar-refractivity contribution in [3.63, 3.8) is 0 Å². The van der Waals surface area contributed by atoms with Crippen LogP contribution in [0.5, 0.6) is 0 Å². The molecule has 0 aliphatic rings. The van der Waals surface area contributed by atoms with Gasteiger partial charge in [-0.2, -0.15) is 0 Å². The third-order valence-corrected chi connectivity index (χ3v) is 4.41. The number of rotatable bonds is 2. The Balaban J connectivity index is 2.08. The fourth-order valence-corrected chi connectivity index (χ4v) is 2.74. The maximum atomic E-state index is 10.6. The van der Waals surface area contributed by atoms with Crippen LogP contribution in [0.3, 0.4) is 0 Å². The summed E-state index contributed by atoms with van der Waals surface area (Å²) in [6.07, 6.45) is 1.13. The summed E-state index contributed by atoms with van der Waals surface area (Å²) in [4.78, 5) is 4.34. The van der Waals surface area contributed by atoms with Crippen LogP contribution in [0.15, 0.2) is 59.2 Å². The van der Waals surface area contributed by atoms with Crippen molar-refractivity contribution in [2.75, 3.05) is 0 Å². The molecule has 1 unspecified atom stereocenters. The lowest BCUT2D eigenvalue weighted by molar-refractivity contribution is 0.219. The van der Waals surface area contributed by atoms with Crippen LogP contribution in [0.2, 0.25) is 0 Å². The number of hydrogen-bond acceptors (Lipinski definition) is 2. The topological polar surface area (TPSA) is 33.1 Å². The van der Waals surface area contributed by atoms with Crippen LogP contribution in [-0.4, -0.2) is 10.1 Å². The number of benzene rings is 2. The second-order valence-corrected chi connectivity index (χ2v) is 5.67. The van der Waals surface area contributed by atoms with Crippen LogP contribution in [0.4, 0.5) is 0 Å². The van der Waals surface area contributed by atoms with E-state index in [9.17, 15) is 5.11 Å². The standard InChI is InChI=1S/C17H14BrNO/c1-11-14(5-2-6-15(11)18)17(20)13-8-7-12-4-3-9-19-16(12)10-13/h2-10,17,20H,1H3. The highest BCUT2D eigenvalue weighted by Crippen LogP contribution is 2.30. The number of aliphatic hydroxyl groups is 1. The van der Waals surface area contributed by atoms with Crippen molar-refractivity contribution in [2.45, 2.75) is 13.0 Å². The molecular weight excluding hydrogens is 314 g/mol. The maximum Gasteiger partial charge on any atom is 0.104 e. The average molecular weight is 328 g/mol. The van der Waals surface area contributed by atoms with Gasteiger partial charge in [0.15, 0.2) is 0 Å². The molecule has 1 N–H and O–H groups in total. The Morgan fingerprint density at radius 2 is 1.95 bits per heavy atom. The highest BCUT2D eigenvalue weighted by molar-refractivity contribution is 9.10. The summed E-state index contributed by atoms with van der Waals surface area (Å²) in [6, 6.07) is 15.7. The molecule has 0 fully saturated rings. The molecule has 1 heterocycles. The molecule has 100 valence electrons. The largest absolute Gasteiger partial charge is 0.384 e. The van der Waals surface area contributed by atoms with Crippen molar-refractivity contribution >= 4 is 26.8 Å². The van der Waals surface area contributed by atoms with E-state index >= 15 is 0 Å². The maximum absolute atomic E-state index is 10.6. The molecule has 3 aromatic rings. The van der Waals surface area contributed by atoms with Gasteiger partial charge in [0.2, 0.25) is 0 Å². The first-order chi connectivity index (χ1) is 9.66. The minimum Gasteiger partial charge on any atom is -0.384 e. The van der Waals surface area contributed by atoms with Gasteiger partial charge in [0.05, 0.1) is 5.52 Å². The Hall–Kier alpha value is -1.71. The lowest BCUT2D eigenvalue weighted by atomic mass is 9.97. The number of aromatic nitrogens is 1. The molecule has 0 spiro atoms. The van der Waals surface area contributed by atoms with E-state index in [2.05, 4.69) is 20.9 Å². The normalized spacial score (nSPS) is 12.6. The Morgan fingerprint density at radius 1 is 1.10 bits per heavy atom. The van der Waals surface area contributed by atoms with Crippen LogP contribution < -0.4 is 0 Å². The van der Waals surface area contributed by atoms with Crippen LogP contribution in [0.1, 0.15) is 22.8 Å². The van der Waals surface area contributed by atoms with Crippen molar-refractivity contribution in [1.29, 1.82) is 0 Å². The zero-order chi connectivity index (χ0) is 14.1. The van der Waals surface area contributed by atoms with Gasteiger partial charge in [0.1, 0.15) is 6.10 Å². The molecule has 1 atom stereocenters. The molecule has 20 heavy (non-hydrogen) atoms. The van der Waals surface area contributed by atoms with Gasteiger partial charge in [0.25, 0.3) is 0 Å². The van der Waals surface area contributed by atoms with E-state index in [1.54, 1.807) is 6.20 Å². The summed E-state index contributed by atoms with van der Waals surface area (Å²) in [5, 5.41) is 11.7. The quantitative estimate of drug-likeness (QED) is 0.757. The lowest BCUT2D eigenvalue weighted by Gasteiger charge is -2.15. The first-order valence-corrected chi connectivity index (χ1v) is 7.24. The second kappa shape index (κ2) is 5.35. The summed E-state index contributed by atoms with van der Waals surface area (Å²) in [6.45, 7) is 2.00. The zero-order valence-corrected chi connectivity index (χ0v) is 12.6. The van der Waals surface area contributed by atoms with Gasteiger partial charge in [0, 0.05) is 16.1 Å². The van der Waals surface area contributed by atoms with Gasteiger partial charge in [-0.25, -0.2) is 0 Å². The Labute approximate surface area is 126 Å². The molecule has 0 saturated heterocycles. The number of hydrogen-bond donors (Lipinski definition) is 1. The molecule has 0 aliphatic carbocycles. The molecule has 0 radical (unpaired) electrons. The molecule has 3 rings (SSSR count). The van der Waals surface area contributed by atoms with Gasteiger partial charge in [-0.1, -0.05) is 46.3 Å². The van der Waals surface area contributed by atoms with Gasteiger partial charge in [-0.15, -0.1) is 0 Å². The van der Waals surface area contributed by atoms with Crippen molar-refractivity contribution in [3.8, 4) is 0 Å². The van der Waals surface area contributed by atoms with Crippen LogP contribution >= 0.6 is 15.9 Å². The van der Waals surface area contributed by atoms with E-state index in [-0.39, 0.29) is 0 Å². The zero-order valence-electron chi connectivity index (χ0n) is 11.0. The first kappa shape index (κ1) is 13.3. The molecule has 2 nitrogen and oxygen atoms in total. The van der Waals surface area contributed by atoms with Crippen LogP contribution in [0, 0.1) is 6.92 Å². The Morgan fingerprint density at radius 3 is 2.80 bits per heavy atom. The van der Waals surface area contributed by atoms with Gasteiger partial charge in [-0.05, 0) is 41.8 Å². The molecule has 0 bridgehead atoms. The molecule has 2 aromatic carbocycles. The van der Waals surface area contributed by atoms with E-state index in [0.717, 1.165) is 32.1 Å².